The number of rotatable bonds is 15. The zero-order valence-corrected chi connectivity index (χ0v) is 20.3. The van der Waals surface area contributed by atoms with Gasteiger partial charge in [0.1, 0.15) is 18.1 Å². The highest BCUT2D eigenvalue weighted by molar-refractivity contribution is 7.98. The Balaban J connectivity index is 2.95. The Bertz CT molecular complexity index is 701. The molecule has 12 heteroatoms. The standard InChI is InChI=1S/C21H37N5O6S/c1-4-12(2)17(26-18(28)13-6-5-10-23-13)20(30)24-14(7-8-16(22)27)19(29)25-15(21(31)32)9-11-33-3/h12-15,17,23H,4-11H2,1-3H3,(H2,22,27)(H,24,30)(H,25,29)(H,26,28)(H,31,32). The van der Waals surface area contributed by atoms with Crippen LogP contribution >= 0.6 is 11.8 Å². The third kappa shape index (κ3) is 9.99. The third-order valence-corrected chi connectivity index (χ3v) is 6.35. The number of aliphatic carboxylic acids is 1. The molecule has 0 saturated carbocycles. The molecule has 0 spiro atoms. The van der Waals surface area contributed by atoms with E-state index < -0.39 is 41.8 Å². The first kappa shape index (κ1) is 28.7. The highest BCUT2D eigenvalue weighted by atomic mass is 32.2. The number of hydrogen-bond acceptors (Lipinski definition) is 7. The molecule has 1 aliphatic rings. The molecule has 188 valence electrons. The number of hydrogen-bond donors (Lipinski definition) is 6. The highest BCUT2D eigenvalue weighted by Crippen LogP contribution is 2.12. The van der Waals surface area contributed by atoms with Gasteiger partial charge in [-0.25, -0.2) is 4.79 Å². The summed E-state index contributed by atoms with van der Waals surface area (Å²) in [7, 11) is 0. The number of nitrogens with two attached hydrogens (primary N) is 1. The van der Waals surface area contributed by atoms with Crippen LogP contribution in [0.3, 0.4) is 0 Å². The maximum atomic E-state index is 13.1. The first-order valence-corrected chi connectivity index (χ1v) is 12.6. The van der Waals surface area contributed by atoms with E-state index in [-0.39, 0.29) is 37.1 Å². The Hall–Kier alpha value is -2.34. The Morgan fingerprint density at radius 3 is 2.27 bits per heavy atom. The van der Waals surface area contributed by atoms with Crippen LogP contribution in [0.25, 0.3) is 0 Å². The van der Waals surface area contributed by atoms with Crippen molar-refractivity contribution < 1.29 is 29.1 Å². The predicted octanol–water partition coefficient (Wildman–Crippen LogP) is -0.658. The first-order valence-electron chi connectivity index (χ1n) is 11.2. The Morgan fingerprint density at radius 1 is 1.09 bits per heavy atom. The number of amides is 4. The molecule has 4 amide bonds. The van der Waals surface area contributed by atoms with Gasteiger partial charge in [-0.1, -0.05) is 20.3 Å². The minimum absolute atomic E-state index is 0.0902. The average Bonchev–Trinajstić information content (AvgIpc) is 3.31. The summed E-state index contributed by atoms with van der Waals surface area (Å²) in [6.45, 7) is 4.42. The molecule has 1 fully saturated rings. The summed E-state index contributed by atoms with van der Waals surface area (Å²) >= 11 is 1.44. The molecule has 1 saturated heterocycles. The fourth-order valence-corrected chi connectivity index (χ4v) is 3.92. The van der Waals surface area contributed by atoms with Gasteiger partial charge in [-0.05, 0) is 50.2 Å². The van der Waals surface area contributed by atoms with E-state index in [0.717, 1.165) is 13.0 Å². The van der Waals surface area contributed by atoms with Crippen molar-refractivity contribution in [1.29, 1.82) is 0 Å². The summed E-state index contributed by atoms with van der Waals surface area (Å²) in [6, 6.07) is -3.56. The number of primary amides is 1. The lowest BCUT2D eigenvalue weighted by atomic mass is 9.97. The lowest BCUT2D eigenvalue weighted by molar-refractivity contribution is -0.142. The minimum Gasteiger partial charge on any atom is -0.480 e. The van der Waals surface area contributed by atoms with Crippen LogP contribution in [0.5, 0.6) is 0 Å². The molecule has 1 rings (SSSR count). The van der Waals surface area contributed by atoms with E-state index in [4.69, 9.17) is 5.73 Å². The maximum absolute atomic E-state index is 13.1. The number of carbonyl (C=O) groups is 5. The van der Waals surface area contributed by atoms with Crippen LogP contribution in [0.15, 0.2) is 0 Å². The fourth-order valence-electron chi connectivity index (χ4n) is 3.45. The summed E-state index contributed by atoms with van der Waals surface area (Å²) in [4.78, 5) is 61.3. The second-order valence-corrected chi connectivity index (χ2v) is 9.25. The molecule has 7 N–H and O–H groups in total. The summed E-state index contributed by atoms with van der Waals surface area (Å²) in [6.07, 6.45) is 3.91. The summed E-state index contributed by atoms with van der Waals surface area (Å²) < 4.78 is 0. The Kier molecular flexibility index (Phi) is 12.8. The number of nitrogens with one attached hydrogen (secondary N) is 4. The van der Waals surface area contributed by atoms with Gasteiger partial charge in [-0.15, -0.1) is 0 Å². The van der Waals surface area contributed by atoms with Crippen LogP contribution in [0, 0.1) is 5.92 Å². The number of carboxylic acid groups (broad SMARTS) is 1. The van der Waals surface area contributed by atoms with Crippen molar-refractivity contribution in [3.05, 3.63) is 0 Å². The van der Waals surface area contributed by atoms with Crippen LogP contribution < -0.4 is 27.0 Å². The number of thioether (sulfide) groups is 1. The molecule has 0 radical (unpaired) electrons. The van der Waals surface area contributed by atoms with Crippen molar-refractivity contribution in [3.63, 3.8) is 0 Å². The average molecular weight is 488 g/mol. The lowest BCUT2D eigenvalue weighted by Gasteiger charge is -2.28. The SMILES string of the molecule is CCC(C)C(NC(=O)C1CCCN1)C(=O)NC(CCC(N)=O)C(=O)NC(CCSC)C(=O)O. The molecule has 0 bridgehead atoms. The van der Waals surface area contributed by atoms with Crippen molar-refractivity contribution >= 4 is 41.4 Å². The quantitative estimate of drug-likeness (QED) is 0.176. The van der Waals surface area contributed by atoms with Gasteiger partial charge in [-0.3, -0.25) is 19.2 Å². The van der Waals surface area contributed by atoms with E-state index in [1.807, 2.05) is 20.1 Å². The third-order valence-electron chi connectivity index (χ3n) is 5.71. The topological polar surface area (TPSA) is 180 Å². The van der Waals surface area contributed by atoms with Gasteiger partial charge in [0.05, 0.1) is 6.04 Å². The monoisotopic (exact) mass is 487 g/mol. The molecule has 5 atom stereocenters. The van der Waals surface area contributed by atoms with Crippen molar-refractivity contribution in [3.8, 4) is 0 Å². The molecule has 0 aliphatic carbocycles. The Labute approximate surface area is 198 Å². The largest absolute Gasteiger partial charge is 0.480 e. The van der Waals surface area contributed by atoms with Crippen molar-refractivity contribution in [2.75, 3.05) is 18.6 Å². The van der Waals surface area contributed by atoms with Crippen molar-refractivity contribution in [2.45, 2.75) is 76.5 Å². The minimum atomic E-state index is -1.19. The van der Waals surface area contributed by atoms with Crippen LogP contribution in [0.1, 0.15) is 52.4 Å². The Morgan fingerprint density at radius 2 is 1.76 bits per heavy atom. The van der Waals surface area contributed by atoms with E-state index in [1.165, 1.54) is 11.8 Å². The molecular weight excluding hydrogens is 450 g/mol. The van der Waals surface area contributed by atoms with Crippen LogP contribution in [0.2, 0.25) is 0 Å². The molecule has 11 nitrogen and oxygen atoms in total. The molecule has 33 heavy (non-hydrogen) atoms. The van der Waals surface area contributed by atoms with Crippen molar-refractivity contribution in [1.82, 2.24) is 21.3 Å². The zero-order chi connectivity index (χ0) is 25.0. The zero-order valence-electron chi connectivity index (χ0n) is 19.5. The smallest absolute Gasteiger partial charge is 0.326 e. The summed E-state index contributed by atoms with van der Waals surface area (Å²) in [5.74, 6) is -3.12. The van der Waals surface area contributed by atoms with E-state index >= 15 is 0 Å². The summed E-state index contributed by atoms with van der Waals surface area (Å²) in [5, 5.41) is 20.3. The highest BCUT2D eigenvalue weighted by Gasteiger charge is 2.33. The van der Waals surface area contributed by atoms with Gasteiger partial charge in [-0.2, -0.15) is 11.8 Å². The summed E-state index contributed by atoms with van der Waals surface area (Å²) in [5.41, 5.74) is 5.21. The fraction of sp³-hybridized carbons (Fsp3) is 0.762. The molecule has 0 aromatic heterocycles. The molecule has 1 heterocycles. The molecule has 1 aliphatic heterocycles. The van der Waals surface area contributed by atoms with E-state index in [2.05, 4.69) is 21.3 Å². The van der Waals surface area contributed by atoms with E-state index in [9.17, 15) is 29.1 Å². The second-order valence-electron chi connectivity index (χ2n) is 8.27. The predicted molar refractivity (Wildman–Crippen MR) is 125 cm³/mol. The number of carbonyl (C=O) groups excluding carboxylic acids is 4. The number of carboxylic acids is 1. The van der Waals surface area contributed by atoms with Gasteiger partial charge in [0, 0.05) is 6.42 Å². The van der Waals surface area contributed by atoms with Crippen LogP contribution in [-0.2, 0) is 24.0 Å². The molecule has 0 aromatic rings. The first-order chi connectivity index (χ1) is 15.6. The van der Waals surface area contributed by atoms with Crippen LogP contribution in [-0.4, -0.2) is 77.4 Å². The van der Waals surface area contributed by atoms with Gasteiger partial charge >= 0.3 is 5.97 Å². The maximum Gasteiger partial charge on any atom is 0.326 e. The second kappa shape index (κ2) is 14.7. The van der Waals surface area contributed by atoms with E-state index in [1.54, 1.807) is 0 Å². The molecule has 5 unspecified atom stereocenters. The molecular formula is C21H37N5O6S. The van der Waals surface area contributed by atoms with Crippen LogP contribution in [0.4, 0.5) is 0 Å². The van der Waals surface area contributed by atoms with E-state index in [0.29, 0.717) is 18.6 Å². The van der Waals surface area contributed by atoms with Crippen molar-refractivity contribution in [2.24, 2.45) is 11.7 Å². The van der Waals surface area contributed by atoms with Gasteiger partial charge in [0.25, 0.3) is 0 Å². The van der Waals surface area contributed by atoms with Gasteiger partial charge in [0.15, 0.2) is 0 Å². The van der Waals surface area contributed by atoms with Gasteiger partial charge < -0.3 is 32.1 Å². The van der Waals surface area contributed by atoms with Gasteiger partial charge in [0.2, 0.25) is 23.6 Å². The molecule has 0 aromatic carbocycles. The normalized spacial score (nSPS) is 19.1. The lowest BCUT2D eigenvalue weighted by Crippen LogP contribution is -2.58.